The van der Waals surface area contributed by atoms with Crippen molar-refractivity contribution in [2.75, 3.05) is 17.2 Å². The number of nitrogens with zero attached hydrogens (tertiary/aromatic N) is 2. The first-order valence-electron chi connectivity index (χ1n) is 8.00. The molecule has 6 heteroatoms. The molecule has 0 unspecified atom stereocenters. The van der Waals surface area contributed by atoms with Crippen LogP contribution in [0.4, 0.5) is 5.69 Å². The van der Waals surface area contributed by atoms with Gasteiger partial charge in [0.2, 0.25) is 0 Å². The Morgan fingerprint density at radius 2 is 1.92 bits per heavy atom. The van der Waals surface area contributed by atoms with E-state index in [0.717, 1.165) is 16.3 Å². The molecule has 1 amide bonds. The molecule has 1 aliphatic heterocycles. The molecule has 0 saturated heterocycles. The zero-order chi connectivity index (χ0) is 17.2. The Morgan fingerprint density at radius 3 is 2.80 bits per heavy atom. The fraction of sp³-hybridized carbons (Fsp3) is 0.158. The second kappa shape index (κ2) is 6.64. The highest BCUT2D eigenvalue weighted by molar-refractivity contribution is 7.99. The van der Waals surface area contributed by atoms with Crippen LogP contribution < -0.4 is 10.5 Å². The number of hydrogen-bond donors (Lipinski definition) is 0. The first-order chi connectivity index (χ1) is 12.2. The van der Waals surface area contributed by atoms with Crippen LogP contribution in [0, 0.1) is 0 Å². The third-order valence-electron chi connectivity index (χ3n) is 4.07. The van der Waals surface area contributed by atoms with Crippen LogP contribution in [0.2, 0.25) is 0 Å². The number of pyridine rings is 1. The van der Waals surface area contributed by atoms with Crippen molar-refractivity contribution >= 4 is 23.4 Å². The highest BCUT2D eigenvalue weighted by Gasteiger charge is 2.25. The summed E-state index contributed by atoms with van der Waals surface area (Å²) in [5.74, 6) is 1.58. The summed E-state index contributed by atoms with van der Waals surface area (Å²) in [6, 6.07) is 16.3. The Bertz CT molecular complexity index is 976. The molecule has 0 spiro atoms. The summed E-state index contributed by atoms with van der Waals surface area (Å²) < 4.78 is 7.26. The molecular weight excluding hydrogens is 336 g/mol. The topological polar surface area (TPSA) is 55.5 Å². The van der Waals surface area contributed by atoms with Crippen molar-refractivity contribution in [3.05, 3.63) is 82.7 Å². The smallest absolute Gasteiger partial charge is 0.294 e. The number of rotatable bonds is 3. The predicted molar refractivity (Wildman–Crippen MR) is 97.4 cm³/mol. The average molecular weight is 352 g/mol. The highest BCUT2D eigenvalue weighted by Crippen LogP contribution is 2.35. The number of thioether (sulfide) groups is 1. The lowest BCUT2D eigenvalue weighted by Gasteiger charge is -2.28. The molecule has 1 aliphatic rings. The van der Waals surface area contributed by atoms with Crippen molar-refractivity contribution in [1.82, 2.24) is 4.57 Å². The summed E-state index contributed by atoms with van der Waals surface area (Å²) in [5.41, 5.74) is 0.815. The molecule has 0 bridgehead atoms. The predicted octanol–water partition coefficient (Wildman–Crippen LogP) is 3.24. The van der Waals surface area contributed by atoms with E-state index >= 15 is 0 Å². The van der Waals surface area contributed by atoms with Crippen LogP contribution in [0.5, 0.6) is 0 Å². The van der Waals surface area contributed by atoms with E-state index in [0.29, 0.717) is 24.6 Å². The summed E-state index contributed by atoms with van der Waals surface area (Å²) in [6.45, 7) is 0.952. The van der Waals surface area contributed by atoms with Gasteiger partial charge in [-0.05, 0) is 30.3 Å². The lowest BCUT2D eigenvalue weighted by atomic mass is 10.2. The van der Waals surface area contributed by atoms with Gasteiger partial charge in [-0.1, -0.05) is 18.2 Å². The first kappa shape index (κ1) is 15.8. The number of hydrogen-bond acceptors (Lipinski definition) is 4. The molecule has 126 valence electrons. The molecule has 5 nitrogen and oxygen atoms in total. The Hall–Kier alpha value is -2.73. The van der Waals surface area contributed by atoms with Gasteiger partial charge in [0.05, 0.1) is 12.2 Å². The van der Waals surface area contributed by atoms with Gasteiger partial charge in [0, 0.05) is 29.5 Å². The molecule has 0 fully saturated rings. The van der Waals surface area contributed by atoms with E-state index in [1.54, 1.807) is 51.7 Å². The van der Waals surface area contributed by atoms with Crippen molar-refractivity contribution < 1.29 is 9.21 Å². The standard InChI is InChI=1S/C19H16N2O3S/c22-18-7-3-4-10-20(18)13-14-8-9-16(24-14)19(23)21-11-12-25-17-6-2-1-5-15(17)21/h1-10H,11-13H2. The molecule has 2 aromatic heterocycles. The molecular formula is C19H16N2O3S. The maximum atomic E-state index is 12.8. The molecule has 25 heavy (non-hydrogen) atoms. The molecule has 0 atom stereocenters. The van der Waals surface area contributed by atoms with E-state index in [2.05, 4.69) is 0 Å². The van der Waals surface area contributed by atoms with Gasteiger partial charge in [-0.25, -0.2) is 0 Å². The van der Waals surface area contributed by atoms with Gasteiger partial charge < -0.3 is 13.9 Å². The maximum Gasteiger partial charge on any atom is 0.294 e. The summed E-state index contributed by atoms with van der Waals surface area (Å²) in [4.78, 5) is 27.5. The minimum absolute atomic E-state index is 0.103. The number of benzene rings is 1. The normalized spacial score (nSPS) is 13.5. The second-order valence-electron chi connectivity index (χ2n) is 5.71. The third-order valence-corrected chi connectivity index (χ3v) is 5.11. The van der Waals surface area contributed by atoms with E-state index in [-0.39, 0.29) is 11.5 Å². The number of amides is 1. The number of fused-ring (bicyclic) bond motifs is 1. The number of para-hydroxylation sites is 1. The fourth-order valence-corrected chi connectivity index (χ4v) is 3.85. The summed E-state index contributed by atoms with van der Waals surface area (Å²) >= 11 is 1.75. The van der Waals surface area contributed by atoms with Gasteiger partial charge in [-0.2, -0.15) is 0 Å². The minimum Gasteiger partial charge on any atom is -0.454 e. The zero-order valence-corrected chi connectivity index (χ0v) is 14.2. The molecule has 1 aromatic carbocycles. The van der Waals surface area contributed by atoms with Crippen molar-refractivity contribution in [2.45, 2.75) is 11.4 Å². The van der Waals surface area contributed by atoms with Crippen molar-refractivity contribution in [3.63, 3.8) is 0 Å². The van der Waals surface area contributed by atoms with Gasteiger partial charge >= 0.3 is 0 Å². The zero-order valence-electron chi connectivity index (χ0n) is 13.4. The van der Waals surface area contributed by atoms with Crippen LogP contribution in [0.1, 0.15) is 16.3 Å². The SMILES string of the molecule is O=C(c1ccc(Cn2ccccc2=O)o1)N1CCSc2ccccc21. The minimum atomic E-state index is -0.153. The Balaban J connectivity index is 1.58. The molecule has 3 heterocycles. The molecule has 0 aliphatic carbocycles. The Kier molecular flexibility index (Phi) is 4.19. The van der Waals surface area contributed by atoms with Gasteiger partial charge in [0.1, 0.15) is 5.76 Å². The summed E-state index contributed by atoms with van der Waals surface area (Å²) in [7, 11) is 0. The van der Waals surface area contributed by atoms with Crippen LogP contribution in [-0.2, 0) is 6.54 Å². The number of carbonyl (C=O) groups excluding carboxylic acids is 1. The number of carbonyl (C=O) groups is 1. The van der Waals surface area contributed by atoms with Crippen molar-refractivity contribution in [1.29, 1.82) is 0 Å². The van der Waals surface area contributed by atoms with Crippen LogP contribution in [-0.4, -0.2) is 22.8 Å². The largest absolute Gasteiger partial charge is 0.454 e. The van der Waals surface area contributed by atoms with Gasteiger partial charge in [0.15, 0.2) is 5.76 Å². The molecule has 0 N–H and O–H groups in total. The van der Waals surface area contributed by atoms with Crippen LogP contribution in [0.25, 0.3) is 0 Å². The Morgan fingerprint density at radius 1 is 1.08 bits per heavy atom. The third kappa shape index (κ3) is 3.13. The second-order valence-corrected chi connectivity index (χ2v) is 6.84. The number of anilines is 1. The van der Waals surface area contributed by atoms with E-state index in [1.165, 1.54) is 6.07 Å². The van der Waals surface area contributed by atoms with E-state index in [4.69, 9.17) is 4.42 Å². The quantitative estimate of drug-likeness (QED) is 0.726. The molecule has 0 saturated carbocycles. The van der Waals surface area contributed by atoms with E-state index in [9.17, 15) is 9.59 Å². The van der Waals surface area contributed by atoms with E-state index in [1.807, 2.05) is 24.3 Å². The van der Waals surface area contributed by atoms with Crippen LogP contribution in [0.3, 0.4) is 0 Å². The van der Waals surface area contributed by atoms with Gasteiger partial charge in [-0.3, -0.25) is 9.59 Å². The number of aromatic nitrogens is 1. The Labute approximate surface area is 148 Å². The van der Waals surface area contributed by atoms with Gasteiger partial charge in [-0.15, -0.1) is 11.8 Å². The molecule has 4 rings (SSSR count). The lowest BCUT2D eigenvalue weighted by molar-refractivity contribution is 0.0959. The lowest BCUT2D eigenvalue weighted by Crippen LogP contribution is -2.35. The summed E-state index contributed by atoms with van der Waals surface area (Å²) in [6.07, 6.45) is 1.70. The highest BCUT2D eigenvalue weighted by atomic mass is 32.2. The molecule has 0 radical (unpaired) electrons. The van der Waals surface area contributed by atoms with Crippen molar-refractivity contribution in [2.24, 2.45) is 0 Å². The van der Waals surface area contributed by atoms with Crippen LogP contribution >= 0.6 is 11.8 Å². The average Bonchev–Trinajstić information content (AvgIpc) is 3.11. The monoisotopic (exact) mass is 352 g/mol. The summed E-state index contributed by atoms with van der Waals surface area (Å²) in [5, 5.41) is 0. The maximum absolute atomic E-state index is 12.8. The van der Waals surface area contributed by atoms with Gasteiger partial charge in [0.25, 0.3) is 11.5 Å². The fourth-order valence-electron chi connectivity index (χ4n) is 2.85. The van der Waals surface area contributed by atoms with Crippen molar-refractivity contribution in [3.8, 4) is 0 Å². The first-order valence-corrected chi connectivity index (χ1v) is 8.99. The van der Waals surface area contributed by atoms with E-state index < -0.39 is 0 Å². The number of furan rings is 1. The molecule has 3 aromatic rings. The van der Waals surface area contributed by atoms with Crippen LogP contribution in [0.15, 0.2) is 74.9 Å².